The summed E-state index contributed by atoms with van der Waals surface area (Å²) in [5.74, 6) is 0.519. The molecule has 148 valence electrons. The summed E-state index contributed by atoms with van der Waals surface area (Å²) < 4.78 is 2.00. The summed E-state index contributed by atoms with van der Waals surface area (Å²) in [6, 6.07) is 15.1. The van der Waals surface area contributed by atoms with Gasteiger partial charge in [-0.15, -0.1) is 0 Å². The van der Waals surface area contributed by atoms with Crippen molar-refractivity contribution in [2.45, 2.75) is 26.4 Å². The van der Waals surface area contributed by atoms with Crippen molar-refractivity contribution in [1.82, 2.24) is 14.9 Å². The van der Waals surface area contributed by atoms with Crippen LogP contribution in [0.1, 0.15) is 34.8 Å². The molecule has 6 nitrogen and oxygen atoms in total. The number of nitrogens with one attached hydrogen (secondary N) is 2. The highest BCUT2D eigenvalue weighted by Crippen LogP contribution is 2.38. The number of aromatic nitrogens is 2. The number of carbonyl (C=O) groups excluding carboxylic acids is 2. The first-order valence-electron chi connectivity index (χ1n) is 9.81. The van der Waals surface area contributed by atoms with Crippen molar-refractivity contribution in [3.8, 4) is 0 Å². The van der Waals surface area contributed by atoms with Crippen LogP contribution in [0.4, 0.5) is 5.69 Å². The maximum atomic E-state index is 12.4. The largest absolute Gasteiger partial charge is 0.348 e. The summed E-state index contributed by atoms with van der Waals surface area (Å²) in [5.41, 5.74) is 3.48. The molecule has 1 heterocycles. The van der Waals surface area contributed by atoms with Crippen LogP contribution in [-0.2, 0) is 17.9 Å². The fourth-order valence-electron chi connectivity index (χ4n) is 3.34. The molecule has 2 atom stereocenters. The monoisotopic (exact) mass is 388 g/mol. The lowest BCUT2D eigenvalue weighted by Crippen LogP contribution is -2.23. The molecule has 2 N–H and O–H groups in total. The van der Waals surface area contributed by atoms with Crippen molar-refractivity contribution in [3.05, 3.63) is 83.9 Å². The molecular weight excluding hydrogens is 364 g/mol. The van der Waals surface area contributed by atoms with Gasteiger partial charge in [0.05, 0.1) is 6.33 Å². The van der Waals surface area contributed by atoms with Crippen molar-refractivity contribution in [2.75, 3.05) is 5.32 Å². The number of nitrogens with zero attached hydrogens (tertiary/aromatic N) is 2. The highest BCUT2D eigenvalue weighted by molar-refractivity contribution is 5.96. The van der Waals surface area contributed by atoms with Gasteiger partial charge in [0.1, 0.15) is 0 Å². The van der Waals surface area contributed by atoms with Gasteiger partial charge in [-0.2, -0.15) is 0 Å². The zero-order valence-corrected chi connectivity index (χ0v) is 16.3. The topological polar surface area (TPSA) is 76.0 Å². The minimum absolute atomic E-state index is 0.0604. The Hall–Kier alpha value is -3.41. The van der Waals surface area contributed by atoms with E-state index in [1.165, 1.54) is 0 Å². The third-order valence-corrected chi connectivity index (χ3v) is 5.23. The van der Waals surface area contributed by atoms with E-state index in [4.69, 9.17) is 0 Å². The molecule has 0 radical (unpaired) electrons. The fraction of sp³-hybridized carbons (Fsp3) is 0.261. The van der Waals surface area contributed by atoms with Gasteiger partial charge < -0.3 is 15.2 Å². The average molecular weight is 388 g/mol. The van der Waals surface area contributed by atoms with E-state index in [0.29, 0.717) is 18.0 Å². The van der Waals surface area contributed by atoms with Crippen LogP contribution in [-0.4, -0.2) is 21.4 Å². The van der Waals surface area contributed by atoms with E-state index in [2.05, 4.69) is 34.7 Å². The number of hydrogen-bond acceptors (Lipinski definition) is 3. The molecule has 2 amide bonds. The zero-order valence-electron chi connectivity index (χ0n) is 16.3. The Bertz CT molecular complexity index is 996. The SMILES string of the molecule is CC1CC1C(=O)Nc1ccc(C(=O)NCc2cccc(Cn3ccnc3)c2)cc1. The zero-order chi connectivity index (χ0) is 20.2. The normalized spacial score (nSPS) is 17.6. The number of carbonyl (C=O) groups is 2. The summed E-state index contributed by atoms with van der Waals surface area (Å²) in [6.45, 7) is 3.27. The molecule has 2 unspecified atom stereocenters. The van der Waals surface area contributed by atoms with Crippen LogP contribution >= 0.6 is 0 Å². The van der Waals surface area contributed by atoms with Gasteiger partial charge in [-0.25, -0.2) is 4.98 Å². The first kappa shape index (κ1) is 18.9. The predicted molar refractivity (Wildman–Crippen MR) is 111 cm³/mol. The number of amides is 2. The van der Waals surface area contributed by atoms with Crippen LogP contribution in [0.5, 0.6) is 0 Å². The molecule has 4 rings (SSSR count). The molecule has 1 saturated carbocycles. The molecule has 0 spiro atoms. The Morgan fingerprint density at radius 2 is 1.90 bits per heavy atom. The lowest BCUT2D eigenvalue weighted by Gasteiger charge is -2.09. The molecule has 1 aromatic heterocycles. The van der Waals surface area contributed by atoms with Crippen LogP contribution in [0.3, 0.4) is 0 Å². The molecule has 1 fully saturated rings. The van der Waals surface area contributed by atoms with E-state index in [9.17, 15) is 9.59 Å². The summed E-state index contributed by atoms with van der Waals surface area (Å²) in [7, 11) is 0. The minimum atomic E-state index is -0.140. The van der Waals surface area contributed by atoms with Gasteiger partial charge in [0.25, 0.3) is 5.91 Å². The average Bonchev–Trinajstić information content (AvgIpc) is 3.24. The first-order chi connectivity index (χ1) is 14.1. The molecular formula is C23H24N4O2. The van der Waals surface area contributed by atoms with E-state index in [1.807, 2.05) is 22.9 Å². The van der Waals surface area contributed by atoms with Gasteiger partial charge in [-0.3, -0.25) is 9.59 Å². The summed E-state index contributed by atoms with van der Waals surface area (Å²) in [6.07, 6.45) is 6.42. The van der Waals surface area contributed by atoms with Crippen molar-refractivity contribution in [2.24, 2.45) is 11.8 Å². The molecule has 6 heteroatoms. The van der Waals surface area contributed by atoms with Gasteiger partial charge in [-0.05, 0) is 47.7 Å². The fourth-order valence-corrected chi connectivity index (χ4v) is 3.34. The van der Waals surface area contributed by atoms with E-state index < -0.39 is 0 Å². The lowest BCUT2D eigenvalue weighted by molar-refractivity contribution is -0.117. The van der Waals surface area contributed by atoms with Crippen molar-refractivity contribution in [1.29, 1.82) is 0 Å². The van der Waals surface area contributed by atoms with Crippen molar-refractivity contribution in [3.63, 3.8) is 0 Å². The van der Waals surface area contributed by atoms with E-state index in [0.717, 1.165) is 29.8 Å². The number of imidazole rings is 1. The van der Waals surface area contributed by atoms with Crippen LogP contribution in [0, 0.1) is 11.8 Å². The smallest absolute Gasteiger partial charge is 0.251 e. The standard InChI is InChI=1S/C23H24N4O2/c1-16-11-21(16)23(29)26-20-7-5-19(6-8-20)22(28)25-13-17-3-2-4-18(12-17)14-27-10-9-24-15-27/h2-10,12,15-16,21H,11,13-14H2,1H3,(H,25,28)(H,26,29). The van der Waals surface area contributed by atoms with Crippen molar-refractivity contribution < 1.29 is 9.59 Å². The second kappa shape index (κ2) is 8.31. The Morgan fingerprint density at radius 1 is 1.14 bits per heavy atom. The number of hydrogen-bond donors (Lipinski definition) is 2. The Kier molecular flexibility index (Phi) is 5.42. The maximum Gasteiger partial charge on any atom is 0.251 e. The van der Waals surface area contributed by atoms with Crippen LogP contribution in [0.2, 0.25) is 0 Å². The number of anilines is 1. The summed E-state index contributed by atoms with van der Waals surface area (Å²) >= 11 is 0. The quantitative estimate of drug-likeness (QED) is 0.651. The Labute approximate surface area is 170 Å². The van der Waals surface area contributed by atoms with Gasteiger partial charge in [-0.1, -0.05) is 31.2 Å². The Balaban J connectivity index is 1.30. The molecule has 1 aliphatic rings. The Morgan fingerprint density at radius 3 is 2.59 bits per heavy atom. The lowest BCUT2D eigenvalue weighted by atomic mass is 10.1. The van der Waals surface area contributed by atoms with Gasteiger partial charge in [0.2, 0.25) is 5.91 Å². The third kappa shape index (κ3) is 4.90. The van der Waals surface area contributed by atoms with E-state index >= 15 is 0 Å². The maximum absolute atomic E-state index is 12.4. The summed E-state index contributed by atoms with van der Waals surface area (Å²) in [4.78, 5) is 28.5. The van der Waals surface area contributed by atoms with Crippen molar-refractivity contribution >= 4 is 17.5 Å². The molecule has 29 heavy (non-hydrogen) atoms. The van der Waals surface area contributed by atoms with E-state index in [1.54, 1.807) is 36.8 Å². The molecule has 0 saturated heterocycles. The second-order valence-corrected chi connectivity index (χ2v) is 7.62. The first-order valence-corrected chi connectivity index (χ1v) is 9.81. The third-order valence-electron chi connectivity index (χ3n) is 5.23. The van der Waals surface area contributed by atoms with Gasteiger partial charge in [0, 0.05) is 42.7 Å². The highest BCUT2D eigenvalue weighted by atomic mass is 16.2. The predicted octanol–water partition coefficient (Wildman–Crippen LogP) is 3.46. The number of rotatable bonds is 7. The number of benzene rings is 2. The van der Waals surface area contributed by atoms with E-state index in [-0.39, 0.29) is 17.7 Å². The highest BCUT2D eigenvalue weighted by Gasteiger charge is 2.39. The van der Waals surface area contributed by atoms with Gasteiger partial charge >= 0.3 is 0 Å². The summed E-state index contributed by atoms with van der Waals surface area (Å²) in [5, 5.41) is 5.86. The minimum Gasteiger partial charge on any atom is -0.348 e. The molecule has 2 aromatic carbocycles. The molecule has 0 bridgehead atoms. The molecule has 3 aromatic rings. The van der Waals surface area contributed by atoms with Crippen LogP contribution in [0.15, 0.2) is 67.3 Å². The molecule has 0 aliphatic heterocycles. The molecule has 1 aliphatic carbocycles. The van der Waals surface area contributed by atoms with Crippen LogP contribution in [0.25, 0.3) is 0 Å². The van der Waals surface area contributed by atoms with Gasteiger partial charge in [0.15, 0.2) is 0 Å². The van der Waals surface area contributed by atoms with Crippen LogP contribution < -0.4 is 10.6 Å². The second-order valence-electron chi connectivity index (χ2n) is 7.62.